The van der Waals surface area contributed by atoms with Gasteiger partial charge >= 0.3 is 0 Å². The van der Waals surface area contributed by atoms with Gasteiger partial charge in [-0.05, 0) is 74.5 Å². The fourth-order valence-electron chi connectivity index (χ4n) is 4.32. The molecular weight excluding hydrogens is 404 g/mol. The molecule has 2 amide bonds. The summed E-state index contributed by atoms with van der Waals surface area (Å²) in [5.41, 5.74) is 3.01. The van der Waals surface area contributed by atoms with E-state index in [9.17, 15) is 9.59 Å². The van der Waals surface area contributed by atoms with Crippen LogP contribution in [0.3, 0.4) is 0 Å². The molecule has 1 aromatic carbocycles. The lowest BCUT2D eigenvalue weighted by Crippen LogP contribution is -2.27. The van der Waals surface area contributed by atoms with Crippen molar-refractivity contribution in [1.82, 2.24) is 5.32 Å². The molecule has 2 aromatic rings. The number of benzene rings is 1. The highest BCUT2D eigenvalue weighted by Crippen LogP contribution is 2.38. The van der Waals surface area contributed by atoms with Gasteiger partial charge in [-0.15, -0.1) is 11.3 Å². The van der Waals surface area contributed by atoms with E-state index >= 15 is 0 Å². The molecule has 4 nitrogen and oxygen atoms in total. The van der Waals surface area contributed by atoms with Crippen molar-refractivity contribution >= 4 is 28.2 Å². The predicted molar refractivity (Wildman–Crippen MR) is 128 cm³/mol. The van der Waals surface area contributed by atoms with E-state index in [1.807, 2.05) is 24.3 Å². The largest absolute Gasteiger partial charge is 0.352 e. The van der Waals surface area contributed by atoms with Crippen molar-refractivity contribution in [2.75, 3.05) is 11.9 Å². The Kier molecular flexibility index (Phi) is 7.36. The molecule has 0 saturated heterocycles. The van der Waals surface area contributed by atoms with E-state index in [2.05, 4.69) is 34.9 Å². The van der Waals surface area contributed by atoms with Gasteiger partial charge in [-0.1, -0.05) is 48.6 Å². The Hall–Kier alpha value is -2.66. The van der Waals surface area contributed by atoms with Gasteiger partial charge in [0.1, 0.15) is 5.00 Å². The summed E-state index contributed by atoms with van der Waals surface area (Å²) in [4.78, 5) is 26.9. The maximum Gasteiger partial charge on any atom is 0.254 e. The SMILES string of the molecule is O=C(/C=C/C1CC=CCC1)Nc1sc2c(c1C(=O)NCCc1ccccc1)CCCC2. The van der Waals surface area contributed by atoms with Gasteiger partial charge in [0, 0.05) is 11.4 Å². The van der Waals surface area contributed by atoms with Gasteiger partial charge < -0.3 is 10.6 Å². The van der Waals surface area contributed by atoms with Crippen LogP contribution in [0, 0.1) is 5.92 Å². The Morgan fingerprint density at radius 1 is 1.10 bits per heavy atom. The molecule has 1 aromatic heterocycles. The van der Waals surface area contributed by atoms with Crippen LogP contribution in [0.4, 0.5) is 5.00 Å². The topological polar surface area (TPSA) is 58.2 Å². The molecule has 1 heterocycles. The number of aryl methyl sites for hydroxylation is 1. The van der Waals surface area contributed by atoms with Crippen molar-refractivity contribution in [3.63, 3.8) is 0 Å². The van der Waals surface area contributed by atoms with Crippen LogP contribution < -0.4 is 10.6 Å². The summed E-state index contributed by atoms with van der Waals surface area (Å²) < 4.78 is 0. The number of allylic oxidation sites excluding steroid dienone is 3. The number of anilines is 1. The van der Waals surface area contributed by atoms with Gasteiger partial charge in [-0.3, -0.25) is 9.59 Å². The summed E-state index contributed by atoms with van der Waals surface area (Å²) in [5, 5.41) is 6.78. The van der Waals surface area contributed by atoms with E-state index in [1.165, 1.54) is 10.4 Å². The summed E-state index contributed by atoms with van der Waals surface area (Å²) in [7, 11) is 0. The number of hydrogen-bond donors (Lipinski definition) is 2. The fraction of sp³-hybridized carbons (Fsp3) is 0.385. The zero-order valence-corrected chi connectivity index (χ0v) is 18.7. The lowest BCUT2D eigenvalue weighted by atomic mass is 9.94. The van der Waals surface area contributed by atoms with Gasteiger partial charge in [0.05, 0.1) is 5.56 Å². The summed E-state index contributed by atoms with van der Waals surface area (Å²) in [6.07, 6.45) is 16.1. The molecule has 0 saturated carbocycles. The van der Waals surface area contributed by atoms with Gasteiger partial charge in [0.25, 0.3) is 5.91 Å². The van der Waals surface area contributed by atoms with Crippen LogP contribution in [0.5, 0.6) is 0 Å². The van der Waals surface area contributed by atoms with Crippen LogP contribution in [0.15, 0.2) is 54.6 Å². The minimum absolute atomic E-state index is 0.0768. The second-order valence-electron chi connectivity index (χ2n) is 8.30. The van der Waals surface area contributed by atoms with Crippen LogP contribution in [0.2, 0.25) is 0 Å². The third-order valence-corrected chi connectivity index (χ3v) is 7.21. The van der Waals surface area contributed by atoms with Gasteiger partial charge in [-0.2, -0.15) is 0 Å². The number of amides is 2. The number of rotatable bonds is 7. The lowest BCUT2D eigenvalue weighted by molar-refractivity contribution is -0.111. The van der Waals surface area contributed by atoms with E-state index in [0.717, 1.165) is 56.9 Å². The maximum atomic E-state index is 13.1. The molecule has 0 spiro atoms. The van der Waals surface area contributed by atoms with Gasteiger partial charge in [0.15, 0.2) is 0 Å². The number of fused-ring (bicyclic) bond motifs is 1. The first-order valence-electron chi connectivity index (χ1n) is 11.3. The molecular formula is C26H30N2O2S. The van der Waals surface area contributed by atoms with E-state index in [4.69, 9.17) is 0 Å². The summed E-state index contributed by atoms with van der Waals surface area (Å²) in [5.74, 6) is 0.201. The molecule has 2 aliphatic carbocycles. The number of nitrogens with one attached hydrogen (secondary N) is 2. The van der Waals surface area contributed by atoms with Crippen molar-refractivity contribution in [2.45, 2.75) is 51.4 Å². The minimum atomic E-state index is -0.147. The van der Waals surface area contributed by atoms with Crippen LogP contribution in [-0.2, 0) is 24.1 Å². The lowest BCUT2D eigenvalue weighted by Gasteiger charge is -2.13. The predicted octanol–water partition coefficient (Wildman–Crippen LogP) is 5.45. The average molecular weight is 435 g/mol. The van der Waals surface area contributed by atoms with E-state index in [0.29, 0.717) is 23.0 Å². The Bertz CT molecular complexity index is 975. The Balaban J connectivity index is 1.44. The van der Waals surface area contributed by atoms with Crippen molar-refractivity contribution in [3.8, 4) is 0 Å². The molecule has 0 bridgehead atoms. The first kappa shape index (κ1) is 21.6. The smallest absolute Gasteiger partial charge is 0.254 e. The highest BCUT2D eigenvalue weighted by Gasteiger charge is 2.26. The highest BCUT2D eigenvalue weighted by molar-refractivity contribution is 7.17. The van der Waals surface area contributed by atoms with E-state index in [-0.39, 0.29) is 11.8 Å². The molecule has 31 heavy (non-hydrogen) atoms. The maximum absolute atomic E-state index is 13.1. The standard InChI is InChI=1S/C26H30N2O2S/c29-23(16-15-19-9-3-1-4-10-19)28-26-24(21-13-7-8-14-22(21)31-26)25(30)27-18-17-20-11-5-2-6-12-20/h1-3,5-6,11-12,15-16,19H,4,7-10,13-14,17-18H2,(H,27,30)(H,28,29)/b16-15+. The molecule has 0 radical (unpaired) electrons. The van der Waals surface area contributed by atoms with Crippen molar-refractivity contribution < 1.29 is 9.59 Å². The van der Waals surface area contributed by atoms with Gasteiger partial charge in [0.2, 0.25) is 5.91 Å². The Labute approximate surface area is 188 Å². The molecule has 1 atom stereocenters. The molecule has 4 rings (SSSR count). The van der Waals surface area contributed by atoms with Crippen LogP contribution in [0.1, 0.15) is 58.5 Å². The fourth-order valence-corrected chi connectivity index (χ4v) is 5.61. The molecule has 0 aliphatic heterocycles. The molecule has 162 valence electrons. The normalized spacial score (nSPS) is 18.0. The number of thiophene rings is 1. The molecule has 2 aliphatic rings. The van der Waals surface area contributed by atoms with Gasteiger partial charge in [-0.25, -0.2) is 0 Å². The third-order valence-electron chi connectivity index (χ3n) is 6.01. The monoisotopic (exact) mass is 434 g/mol. The highest BCUT2D eigenvalue weighted by atomic mass is 32.1. The van der Waals surface area contributed by atoms with E-state index < -0.39 is 0 Å². The molecule has 5 heteroatoms. The summed E-state index contributed by atoms with van der Waals surface area (Å²) in [6, 6.07) is 10.2. The minimum Gasteiger partial charge on any atom is -0.352 e. The summed E-state index contributed by atoms with van der Waals surface area (Å²) >= 11 is 1.57. The summed E-state index contributed by atoms with van der Waals surface area (Å²) in [6.45, 7) is 0.579. The quantitative estimate of drug-likeness (QED) is 0.450. The second kappa shape index (κ2) is 10.6. The van der Waals surface area contributed by atoms with Crippen molar-refractivity contribution in [1.29, 1.82) is 0 Å². The number of carbonyl (C=O) groups excluding carboxylic acids is 2. The van der Waals surface area contributed by atoms with Crippen molar-refractivity contribution in [3.05, 3.63) is 76.2 Å². The van der Waals surface area contributed by atoms with E-state index in [1.54, 1.807) is 17.4 Å². The molecule has 1 unspecified atom stereocenters. The molecule has 0 fully saturated rings. The zero-order valence-electron chi connectivity index (χ0n) is 17.9. The number of carbonyl (C=O) groups is 2. The van der Waals surface area contributed by atoms with Crippen LogP contribution in [-0.4, -0.2) is 18.4 Å². The zero-order chi connectivity index (χ0) is 21.5. The van der Waals surface area contributed by atoms with Crippen molar-refractivity contribution in [2.24, 2.45) is 5.92 Å². The molecule has 2 N–H and O–H groups in total. The third kappa shape index (κ3) is 5.73. The van der Waals surface area contributed by atoms with Crippen LogP contribution >= 0.6 is 11.3 Å². The second-order valence-corrected chi connectivity index (χ2v) is 9.40. The number of hydrogen-bond acceptors (Lipinski definition) is 3. The van der Waals surface area contributed by atoms with Crippen LogP contribution in [0.25, 0.3) is 0 Å². The Morgan fingerprint density at radius 3 is 2.74 bits per heavy atom. The first-order chi connectivity index (χ1) is 15.2. The average Bonchev–Trinajstić information content (AvgIpc) is 3.17. The first-order valence-corrected chi connectivity index (χ1v) is 12.1. The Morgan fingerprint density at radius 2 is 1.94 bits per heavy atom.